The average molecular weight is 509 g/mol. The molecule has 0 atom stereocenters. The Morgan fingerprint density at radius 3 is 2.56 bits per heavy atom. The lowest BCUT2D eigenvalue weighted by Crippen LogP contribution is -2.35. The molecule has 0 aliphatic carbocycles. The maximum absolute atomic E-state index is 12.8. The zero-order valence-electron chi connectivity index (χ0n) is 17.6. The number of hydrogen-bond acceptors (Lipinski definition) is 8. The lowest BCUT2D eigenvalue weighted by molar-refractivity contribution is -0.114. The highest BCUT2D eigenvalue weighted by molar-refractivity contribution is 8.27. The minimum atomic E-state index is -4.10. The van der Waals surface area contributed by atoms with Crippen LogP contribution in [0.5, 0.6) is 5.75 Å². The summed E-state index contributed by atoms with van der Waals surface area (Å²) in [5, 5.41) is 17.2. The van der Waals surface area contributed by atoms with Crippen LogP contribution in [0, 0.1) is 12.3 Å². The Morgan fingerprint density at radius 1 is 1.06 bits per heavy atom. The predicted octanol–water partition coefficient (Wildman–Crippen LogP) is 4.49. The number of nitrogens with zero attached hydrogens (tertiary/aromatic N) is 3. The first-order valence-electron chi connectivity index (χ1n) is 9.96. The molecular formula is C23H16N4O4S3. The summed E-state index contributed by atoms with van der Waals surface area (Å²) in [7, 11) is -4.10. The van der Waals surface area contributed by atoms with Gasteiger partial charge < -0.3 is 4.18 Å². The van der Waals surface area contributed by atoms with Crippen LogP contribution in [-0.2, 0) is 14.9 Å². The number of aliphatic imine (C=N–C) groups is 1. The molecule has 11 heteroatoms. The van der Waals surface area contributed by atoms with Crippen molar-refractivity contribution in [2.45, 2.75) is 11.8 Å². The largest absolute Gasteiger partial charge is 0.378 e. The van der Waals surface area contributed by atoms with Crippen molar-refractivity contribution in [1.82, 2.24) is 5.01 Å². The number of hydrazone groups is 1. The number of carbonyl (C=O) groups is 1. The van der Waals surface area contributed by atoms with E-state index in [1.807, 2.05) is 24.4 Å². The maximum Gasteiger partial charge on any atom is 0.339 e. The Morgan fingerprint density at radius 2 is 1.82 bits per heavy atom. The van der Waals surface area contributed by atoms with Crippen LogP contribution < -0.4 is 4.18 Å². The third-order valence-electron chi connectivity index (χ3n) is 4.91. The molecule has 1 N–H and O–H groups in total. The van der Waals surface area contributed by atoms with Crippen LogP contribution in [-0.4, -0.2) is 35.4 Å². The van der Waals surface area contributed by atoms with E-state index in [9.17, 15) is 13.2 Å². The molecule has 1 amide bonds. The first-order chi connectivity index (χ1) is 16.3. The van der Waals surface area contributed by atoms with Gasteiger partial charge in [0.2, 0.25) is 5.17 Å². The number of rotatable bonds is 5. The van der Waals surface area contributed by atoms with Gasteiger partial charge in [0.25, 0.3) is 5.91 Å². The molecule has 3 aromatic rings. The van der Waals surface area contributed by atoms with Gasteiger partial charge in [-0.15, -0.1) is 11.3 Å². The number of hydrogen-bond donors (Lipinski definition) is 1. The fourth-order valence-corrected chi connectivity index (χ4v) is 5.83. The van der Waals surface area contributed by atoms with E-state index in [2.05, 4.69) is 10.1 Å². The fourth-order valence-electron chi connectivity index (χ4n) is 3.19. The highest BCUT2D eigenvalue weighted by Crippen LogP contribution is 2.33. The Labute approximate surface area is 203 Å². The number of nitrogens with one attached hydrogen (secondary N) is 1. The number of fused-ring (bicyclic) bond motifs is 1. The number of amidine groups is 2. The van der Waals surface area contributed by atoms with Crippen molar-refractivity contribution in [2.24, 2.45) is 10.1 Å². The Balaban J connectivity index is 1.47. The van der Waals surface area contributed by atoms with Crippen LogP contribution in [0.1, 0.15) is 16.0 Å². The van der Waals surface area contributed by atoms with E-state index < -0.39 is 16.0 Å². The summed E-state index contributed by atoms with van der Waals surface area (Å²) in [5.74, 6) is -0.725. The molecular weight excluding hydrogens is 492 g/mol. The first-order valence-corrected chi connectivity index (χ1v) is 13.1. The second kappa shape index (κ2) is 8.67. The third-order valence-corrected chi connectivity index (χ3v) is 8.11. The van der Waals surface area contributed by atoms with Crippen molar-refractivity contribution >= 4 is 61.2 Å². The van der Waals surface area contributed by atoms with Gasteiger partial charge in [0, 0.05) is 5.56 Å². The Bertz CT molecular complexity index is 1510. The molecule has 0 saturated carbocycles. The Kier molecular flexibility index (Phi) is 5.68. The number of carbonyl (C=O) groups excluding carboxylic acids is 1. The smallest absolute Gasteiger partial charge is 0.339 e. The van der Waals surface area contributed by atoms with Gasteiger partial charge in [0.15, 0.2) is 5.84 Å². The molecule has 0 saturated heterocycles. The lowest BCUT2D eigenvalue weighted by atomic mass is 10.1. The van der Waals surface area contributed by atoms with E-state index in [1.165, 1.54) is 52.4 Å². The van der Waals surface area contributed by atoms with Gasteiger partial charge >= 0.3 is 10.1 Å². The van der Waals surface area contributed by atoms with Crippen LogP contribution in [0.2, 0.25) is 0 Å². The molecule has 0 spiro atoms. The van der Waals surface area contributed by atoms with E-state index in [4.69, 9.17) is 9.59 Å². The molecule has 2 aromatic carbocycles. The van der Waals surface area contributed by atoms with Gasteiger partial charge in [-0.1, -0.05) is 42.0 Å². The second-order valence-electron chi connectivity index (χ2n) is 7.29. The molecule has 34 heavy (non-hydrogen) atoms. The molecule has 0 bridgehead atoms. The molecule has 0 radical (unpaired) electrons. The van der Waals surface area contributed by atoms with Gasteiger partial charge in [0.05, 0.1) is 10.5 Å². The van der Waals surface area contributed by atoms with Crippen LogP contribution in [0.4, 0.5) is 0 Å². The van der Waals surface area contributed by atoms with Gasteiger partial charge in [-0.2, -0.15) is 23.5 Å². The molecule has 0 unspecified atom stereocenters. The molecule has 0 fully saturated rings. The standard InChI is InChI=1S/C23H16N4O4S3/c1-14-8-10-16(11-9-14)34(29,30)31-18-6-3-2-5-15(18)13-17-20(24)27-23(25-21(17)28)33-22(26-27)19-7-4-12-32-19/h2-13,24H,1H3. The van der Waals surface area contributed by atoms with Crippen LogP contribution in [0.15, 0.2) is 86.6 Å². The zero-order chi connectivity index (χ0) is 23.9. The monoisotopic (exact) mass is 508 g/mol. The van der Waals surface area contributed by atoms with Crippen molar-refractivity contribution in [3.8, 4) is 5.75 Å². The third kappa shape index (κ3) is 4.20. The number of amides is 1. The van der Waals surface area contributed by atoms with E-state index in [0.717, 1.165) is 10.4 Å². The second-order valence-corrected chi connectivity index (χ2v) is 10.7. The molecule has 2 aliphatic heterocycles. The van der Waals surface area contributed by atoms with Crippen molar-refractivity contribution in [3.05, 3.63) is 87.6 Å². The van der Waals surface area contributed by atoms with Crippen molar-refractivity contribution in [2.75, 3.05) is 0 Å². The van der Waals surface area contributed by atoms with Crippen LogP contribution in [0.3, 0.4) is 0 Å². The fraction of sp³-hybridized carbons (Fsp3) is 0.0435. The lowest BCUT2D eigenvalue weighted by Gasteiger charge is -2.20. The van der Waals surface area contributed by atoms with E-state index in [0.29, 0.717) is 15.8 Å². The van der Waals surface area contributed by atoms with Gasteiger partial charge in [0.1, 0.15) is 15.7 Å². The number of thioether (sulfide) groups is 1. The quantitative estimate of drug-likeness (QED) is 0.401. The topological polar surface area (TPSA) is 112 Å². The zero-order valence-corrected chi connectivity index (χ0v) is 20.1. The maximum atomic E-state index is 12.8. The molecule has 3 heterocycles. The summed E-state index contributed by atoms with van der Waals surface area (Å²) in [6, 6.07) is 16.5. The average Bonchev–Trinajstić information content (AvgIpc) is 3.48. The summed E-state index contributed by atoms with van der Waals surface area (Å²) in [5.41, 5.74) is 1.21. The SMILES string of the molecule is Cc1ccc(S(=O)(=O)Oc2ccccc2C=C2C(=N)N3N=C(c4cccs4)SC3=NC2=O)cc1. The van der Waals surface area contributed by atoms with E-state index >= 15 is 0 Å². The normalized spacial score (nSPS) is 17.0. The summed E-state index contributed by atoms with van der Waals surface area (Å²) >= 11 is 2.72. The predicted molar refractivity (Wildman–Crippen MR) is 134 cm³/mol. The van der Waals surface area contributed by atoms with Gasteiger partial charge in [-0.05, 0) is 54.4 Å². The minimum absolute atomic E-state index is 0.0146. The first kappa shape index (κ1) is 22.3. The molecule has 1 aromatic heterocycles. The molecule has 2 aliphatic rings. The highest BCUT2D eigenvalue weighted by Gasteiger charge is 2.36. The Hall–Kier alpha value is -3.54. The van der Waals surface area contributed by atoms with Crippen molar-refractivity contribution in [3.63, 3.8) is 0 Å². The molecule has 8 nitrogen and oxygen atoms in total. The molecule has 170 valence electrons. The highest BCUT2D eigenvalue weighted by atomic mass is 32.2. The summed E-state index contributed by atoms with van der Waals surface area (Å²) in [6.07, 6.45) is 1.40. The van der Waals surface area contributed by atoms with Crippen molar-refractivity contribution < 1.29 is 17.4 Å². The molecule has 5 rings (SSSR count). The van der Waals surface area contributed by atoms with E-state index in [1.54, 1.807) is 30.3 Å². The summed E-state index contributed by atoms with van der Waals surface area (Å²) in [6.45, 7) is 1.86. The number of thiophene rings is 1. The summed E-state index contributed by atoms with van der Waals surface area (Å²) in [4.78, 5) is 17.8. The number of aryl methyl sites for hydroxylation is 1. The minimum Gasteiger partial charge on any atom is -0.378 e. The van der Waals surface area contributed by atoms with Crippen LogP contribution in [0.25, 0.3) is 6.08 Å². The van der Waals surface area contributed by atoms with Crippen molar-refractivity contribution in [1.29, 1.82) is 5.41 Å². The van der Waals surface area contributed by atoms with Crippen LogP contribution >= 0.6 is 23.1 Å². The number of para-hydroxylation sites is 1. The van der Waals surface area contributed by atoms with Gasteiger partial charge in [-0.25, -0.2) is 0 Å². The van der Waals surface area contributed by atoms with Gasteiger partial charge in [-0.3, -0.25) is 10.2 Å². The number of benzene rings is 2. The summed E-state index contributed by atoms with van der Waals surface area (Å²) < 4.78 is 31.0. The van der Waals surface area contributed by atoms with E-state index in [-0.39, 0.29) is 22.1 Å².